The second kappa shape index (κ2) is 8.98. The molecule has 0 aliphatic carbocycles. The Morgan fingerprint density at radius 2 is 1.83 bits per heavy atom. The maximum atomic E-state index is 13.1. The molecule has 0 atom stereocenters. The minimum Gasteiger partial charge on any atom is -0.491 e. The summed E-state index contributed by atoms with van der Waals surface area (Å²) in [5.41, 5.74) is 1.30. The third kappa shape index (κ3) is 5.62. The van der Waals surface area contributed by atoms with Crippen molar-refractivity contribution < 1.29 is 23.4 Å². The van der Waals surface area contributed by atoms with Crippen molar-refractivity contribution in [2.75, 3.05) is 18.5 Å². The minimum absolute atomic E-state index is 0.0591. The van der Waals surface area contributed by atoms with Gasteiger partial charge in [-0.05, 0) is 54.8 Å². The lowest BCUT2D eigenvalue weighted by molar-refractivity contribution is -0.116. The van der Waals surface area contributed by atoms with Gasteiger partial charge in [0.25, 0.3) is 0 Å². The van der Waals surface area contributed by atoms with Gasteiger partial charge in [0.2, 0.25) is 5.91 Å². The first-order valence-corrected chi connectivity index (χ1v) is 7.66. The highest BCUT2D eigenvalue weighted by Crippen LogP contribution is 2.16. The van der Waals surface area contributed by atoms with E-state index in [2.05, 4.69) is 5.32 Å². The van der Waals surface area contributed by atoms with Gasteiger partial charge < -0.3 is 15.2 Å². The summed E-state index contributed by atoms with van der Waals surface area (Å²) in [5.74, 6) is -1.29. The zero-order valence-corrected chi connectivity index (χ0v) is 13.1. The summed E-state index contributed by atoms with van der Waals surface area (Å²) < 4.78 is 31.1. The zero-order chi connectivity index (χ0) is 17.4. The highest BCUT2D eigenvalue weighted by molar-refractivity contribution is 5.90. The van der Waals surface area contributed by atoms with Crippen LogP contribution in [0.3, 0.4) is 0 Å². The van der Waals surface area contributed by atoms with Gasteiger partial charge in [-0.2, -0.15) is 0 Å². The molecule has 0 aliphatic heterocycles. The molecule has 0 radical (unpaired) electrons. The SMILES string of the molecule is O=C(CCCc1ccc(F)c(F)c1)Nc1ccc(OCCO)cc1. The third-order valence-electron chi connectivity index (χ3n) is 3.35. The number of amides is 1. The van der Waals surface area contributed by atoms with Crippen LogP contribution < -0.4 is 10.1 Å². The minimum atomic E-state index is -0.875. The molecule has 6 heteroatoms. The van der Waals surface area contributed by atoms with E-state index in [0.717, 1.165) is 12.1 Å². The Morgan fingerprint density at radius 1 is 1.08 bits per heavy atom. The summed E-state index contributed by atoms with van der Waals surface area (Å²) in [6.45, 7) is 0.159. The first-order chi connectivity index (χ1) is 11.6. The maximum absolute atomic E-state index is 13.1. The van der Waals surface area contributed by atoms with Crippen molar-refractivity contribution in [2.45, 2.75) is 19.3 Å². The largest absolute Gasteiger partial charge is 0.491 e. The van der Waals surface area contributed by atoms with E-state index in [1.54, 1.807) is 24.3 Å². The Hall–Kier alpha value is -2.47. The van der Waals surface area contributed by atoms with Crippen LogP contribution >= 0.6 is 0 Å². The summed E-state index contributed by atoms with van der Waals surface area (Å²) in [6.07, 6.45) is 1.31. The van der Waals surface area contributed by atoms with Crippen molar-refractivity contribution in [1.29, 1.82) is 0 Å². The van der Waals surface area contributed by atoms with Gasteiger partial charge in [-0.25, -0.2) is 8.78 Å². The molecule has 0 aromatic heterocycles. The van der Waals surface area contributed by atoms with Crippen LogP contribution in [-0.4, -0.2) is 24.2 Å². The molecule has 0 saturated heterocycles. The monoisotopic (exact) mass is 335 g/mol. The number of hydrogen-bond acceptors (Lipinski definition) is 3. The number of carbonyl (C=O) groups is 1. The molecule has 0 fully saturated rings. The first kappa shape index (κ1) is 17.9. The molecule has 2 aromatic rings. The lowest BCUT2D eigenvalue weighted by Crippen LogP contribution is -2.11. The smallest absolute Gasteiger partial charge is 0.224 e. The molecular weight excluding hydrogens is 316 g/mol. The molecule has 2 rings (SSSR count). The van der Waals surface area contributed by atoms with Crippen LogP contribution in [0.15, 0.2) is 42.5 Å². The molecule has 0 aliphatic rings. The Labute approximate surface area is 139 Å². The number of hydrogen-bond donors (Lipinski definition) is 2. The van der Waals surface area contributed by atoms with Crippen molar-refractivity contribution in [2.24, 2.45) is 0 Å². The fourth-order valence-corrected chi connectivity index (χ4v) is 2.17. The second-order valence-electron chi connectivity index (χ2n) is 5.25. The molecule has 2 N–H and O–H groups in total. The Kier molecular flexibility index (Phi) is 6.69. The average molecular weight is 335 g/mol. The van der Waals surface area contributed by atoms with Gasteiger partial charge in [0.15, 0.2) is 11.6 Å². The first-order valence-electron chi connectivity index (χ1n) is 7.66. The van der Waals surface area contributed by atoms with Gasteiger partial charge in [0.1, 0.15) is 12.4 Å². The number of carbonyl (C=O) groups excluding carboxylic acids is 1. The number of benzene rings is 2. The Balaban J connectivity index is 1.75. The fraction of sp³-hybridized carbons (Fsp3) is 0.278. The molecule has 128 valence electrons. The summed E-state index contributed by atoms with van der Waals surface area (Å²) in [4.78, 5) is 11.9. The number of ether oxygens (including phenoxy) is 1. The van der Waals surface area contributed by atoms with Crippen LogP contribution in [0.25, 0.3) is 0 Å². The number of aliphatic hydroxyl groups is 1. The van der Waals surface area contributed by atoms with Crippen molar-refractivity contribution in [3.63, 3.8) is 0 Å². The molecule has 1 amide bonds. The third-order valence-corrected chi connectivity index (χ3v) is 3.35. The number of halogens is 2. The van der Waals surface area contributed by atoms with E-state index in [1.165, 1.54) is 6.07 Å². The van der Waals surface area contributed by atoms with E-state index in [0.29, 0.717) is 29.8 Å². The van der Waals surface area contributed by atoms with Gasteiger partial charge >= 0.3 is 0 Å². The molecule has 0 saturated carbocycles. The summed E-state index contributed by atoms with van der Waals surface area (Å²) in [5, 5.41) is 11.4. The standard InChI is InChI=1S/C18H19F2NO3/c19-16-9-4-13(12-17(16)20)2-1-3-18(23)21-14-5-7-15(8-6-14)24-11-10-22/h4-9,12,22H,1-3,10-11H2,(H,21,23). The van der Waals surface area contributed by atoms with Gasteiger partial charge in [-0.3, -0.25) is 4.79 Å². The van der Waals surface area contributed by atoms with Crippen molar-refractivity contribution >= 4 is 11.6 Å². The molecule has 0 unspecified atom stereocenters. The molecular formula is C18H19F2NO3. The van der Waals surface area contributed by atoms with Crippen molar-refractivity contribution in [3.05, 3.63) is 59.7 Å². The summed E-state index contributed by atoms with van der Waals surface area (Å²) in [6, 6.07) is 10.6. The highest BCUT2D eigenvalue weighted by Gasteiger charge is 2.05. The lowest BCUT2D eigenvalue weighted by atomic mass is 10.1. The number of nitrogens with one attached hydrogen (secondary N) is 1. The molecule has 2 aromatic carbocycles. The normalized spacial score (nSPS) is 10.5. The molecule has 24 heavy (non-hydrogen) atoms. The van der Waals surface area contributed by atoms with Crippen LogP contribution in [0.4, 0.5) is 14.5 Å². The van der Waals surface area contributed by atoms with Gasteiger partial charge in [0, 0.05) is 12.1 Å². The van der Waals surface area contributed by atoms with Gasteiger partial charge in [-0.15, -0.1) is 0 Å². The summed E-state index contributed by atoms with van der Waals surface area (Å²) in [7, 11) is 0. The predicted molar refractivity (Wildman–Crippen MR) is 86.9 cm³/mol. The Bertz CT molecular complexity index is 674. The predicted octanol–water partition coefficient (Wildman–Crippen LogP) is 3.30. The van der Waals surface area contributed by atoms with Crippen LogP contribution in [0.5, 0.6) is 5.75 Å². The van der Waals surface area contributed by atoms with Crippen LogP contribution in [-0.2, 0) is 11.2 Å². The second-order valence-corrected chi connectivity index (χ2v) is 5.25. The molecule has 0 heterocycles. The van der Waals surface area contributed by atoms with E-state index in [9.17, 15) is 13.6 Å². The van der Waals surface area contributed by atoms with Crippen LogP contribution in [0.1, 0.15) is 18.4 Å². The van der Waals surface area contributed by atoms with Crippen molar-refractivity contribution in [3.8, 4) is 5.75 Å². The zero-order valence-electron chi connectivity index (χ0n) is 13.1. The van der Waals surface area contributed by atoms with Gasteiger partial charge in [0.05, 0.1) is 6.61 Å². The quantitative estimate of drug-likeness (QED) is 0.778. The lowest BCUT2D eigenvalue weighted by Gasteiger charge is -2.08. The fourth-order valence-electron chi connectivity index (χ4n) is 2.17. The summed E-state index contributed by atoms with van der Waals surface area (Å²) >= 11 is 0. The van der Waals surface area contributed by atoms with E-state index < -0.39 is 11.6 Å². The van der Waals surface area contributed by atoms with Crippen LogP contribution in [0.2, 0.25) is 0 Å². The Morgan fingerprint density at radius 3 is 2.50 bits per heavy atom. The van der Waals surface area contributed by atoms with E-state index >= 15 is 0 Å². The van der Waals surface area contributed by atoms with E-state index in [-0.39, 0.29) is 25.5 Å². The van der Waals surface area contributed by atoms with E-state index in [4.69, 9.17) is 9.84 Å². The van der Waals surface area contributed by atoms with Gasteiger partial charge in [-0.1, -0.05) is 6.07 Å². The number of anilines is 1. The topological polar surface area (TPSA) is 58.6 Å². The molecule has 4 nitrogen and oxygen atoms in total. The molecule has 0 spiro atoms. The number of rotatable bonds is 8. The highest BCUT2D eigenvalue weighted by atomic mass is 19.2. The number of aryl methyl sites for hydroxylation is 1. The maximum Gasteiger partial charge on any atom is 0.224 e. The average Bonchev–Trinajstić information content (AvgIpc) is 2.57. The van der Waals surface area contributed by atoms with Crippen molar-refractivity contribution in [1.82, 2.24) is 0 Å². The molecule has 0 bridgehead atoms. The van der Waals surface area contributed by atoms with E-state index in [1.807, 2.05) is 0 Å². The van der Waals surface area contributed by atoms with Crippen LogP contribution in [0, 0.1) is 11.6 Å². The number of aliphatic hydroxyl groups excluding tert-OH is 1.